The van der Waals surface area contributed by atoms with Crippen molar-refractivity contribution in [1.82, 2.24) is 10.2 Å². The first-order valence-corrected chi connectivity index (χ1v) is 6.75. The van der Waals surface area contributed by atoms with Gasteiger partial charge in [0, 0.05) is 19.7 Å². The first kappa shape index (κ1) is 12.3. The van der Waals surface area contributed by atoms with Crippen LogP contribution in [0.1, 0.15) is 26.2 Å². The Bertz CT molecular complexity index is 202. The smallest absolute Gasteiger partial charge is 0.0589 e. The molecule has 0 aromatic heterocycles. The molecule has 3 heteroatoms. The lowest BCUT2D eigenvalue weighted by atomic mass is 9.98. The van der Waals surface area contributed by atoms with Crippen molar-refractivity contribution < 1.29 is 4.74 Å². The summed E-state index contributed by atoms with van der Waals surface area (Å²) < 4.78 is 5.22. The summed E-state index contributed by atoms with van der Waals surface area (Å²) in [6, 6.07) is 0.767. The normalized spacial score (nSPS) is 23.4. The predicted molar refractivity (Wildman–Crippen MR) is 66.6 cm³/mol. The van der Waals surface area contributed by atoms with Crippen LogP contribution >= 0.6 is 0 Å². The summed E-state index contributed by atoms with van der Waals surface area (Å²) in [4.78, 5) is 2.64. The van der Waals surface area contributed by atoms with Crippen molar-refractivity contribution in [3.05, 3.63) is 0 Å². The van der Waals surface area contributed by atoms with Crippen molar-refractivity contribution in [3.63, 3.8) is 0 Å². The Morgan fingerprint density at radius 2 is 2.06 bits per heavy atom. The Hall–Kier alpha value is -0.120. The first-order valence-electron chi connectivity index (χ1n) is 6.75. The molecular formula is C13H26N2O. The lowest BCUT2D eigenvalue weighted by Gasteiger charge is -2.33. The number of nitrogens with one attached hydrogen (secondary N) is 1. The summed E-state index contributed by atoms with van der Waals surface area (Å²) in [5, 5.41) is 3.35. The minimum absolute atomic E-state index is 0.767. The molecular weight excluding hydrogens is 200 g/mol. The van der Waals surface area contributed by atoms with Crippen LogP contribution in [0.15, 0.2) is 0 Å². The van der Waals surface area contributed by atoms with E-state index in [0.29, 0.717) is 0 Å². The van der Waals surface area contributed by atoms with E-state index >= 15 is 0 Å². The van der Waals surface area contributed by atoms with E-state index in [-0.39, 0.29) is 0 Å². The Labute approximate surface area is 99.5 Å². The lowest BCUT2D eigenvalue weighted by Crippen LogP contribution is -2.45. The number of hydrogen-bond donors (Lipinski definition) is 1. The van der Waals surface area contributed by atoms with E-state index in [1.54, 1.807) is 7.11 Å². The molecule has 94 valence electrons. The van der Waals surface area contributed by atoms with Crippen LogP contribution in [0, 0.1) is 11.8 Å². The van der Waals surface area contributed by atoms with Gasteiger partial charge in [-0.3, -0.25) is 4.90 Å². The predicted octanol–water partition coefficient (Wildman–Crippen LogP) is 1.34. The zero-order valence-electron chi connectivity index (χ0n) is 10.7. The molecule has 2 fully saturated rings. The van der Waals surface area contributed by atoms with Crippen molar-refractivity contribution in [1.29, 1.82) is 0 Å². The molecule has 0 spiro atoms. The molecule has 3 nitrogen and oxygen atoms in total. The van der Waals surface area contributed by atoms with Crippen molar-refractivity contribution >= 4 is 0 Å². The van der Waals surface area contributed by atoms with Gasteiger partial charge in [-0.15, -0.1) is 0 Å². The van der Waals surface area contributed by atoms with Crippen LogP contribution in [0.3, 0.4) is 0 Å². The van der Waals surface area contributed by atoms with Crippen molar-refractivity contribution in [3.8, 4) is 0 Å². The van der Waals surface area contributed by atoms with E-state index in [1.807, 2.05) is 0 Å². The fourth-order valence-electron chi connectivity index (χ4n) is 2.51. The molecule has 0 radical (unpaired) electrons. The van der Waals surface area contributed by atoms with Gasteiger partial charge in [0.05, 0.1) is 6.61 Å². The topological polar surface area (TPSA) is 24.5 Å². The van der Waals surface area contributed by atoms with Gasteiger partial charge in [-0.05, 0) is 57.7 Å². The summed E-state index contributed by atoms with van der Waals surface area (Å²) in [7, 11) is 1.80. The number of rotatable bonds is 8. The minimum atomic E-state index is 0.767. The fraction of sp³-hybridized carbons (Fsp3) is 1.00. The molecule has 1 N–H and O–H groups in total. The summed E-state index contributed by atoms with van der Waals surface area (Å²) in [6.45, 7) is 8.10. The highest BCUT2D eigenvalue weighted by Crippen LogP contribution is 2.35. The summed E-state index contributed by atoms with van der Waals surface area (Å²) in [6.07, 6.45) is 4.24. The third-order valence-electron chi connectivity index (χ3n) is 4.15. The zero-order chi connectivity index (χ0) is 11.4. The molecule has 1 atom stereocenters. The van der Waals surface area contributed by atoms with Crippen LogP contribution in [0.4, 0.5) is 0 Å². The van der Waals surface area contributed by atoms with Gasteiger partial charge in [-0.25, -0.2) is 0 Å². The first-order chi connectivity index (χ1) is 7.81. The molecule has 1 saturated heterocycles. The third kappa shape index (κ3) is 3.44. The van der Waals surface area contributed by atoms with Gasteiger partial charge in [0.1, 0.15) is 0 Å². The monoisotopic (exact) mass is 226 g/mol. The molecule has 2 rings (SSSR count). The molecule has 16 heavy (non-hydrogen) atoms. The van der Waals surface area contributed by atoms with Crippen LogP contribution < -0.4 is 5.32 Å². The number of methoxy groups -OCH3 is 1. The fourth-order valence-corrected chi connectivity index (χ4v) is 2.51. The maximum atomic E-state index is 5.22. The molecule has 2 aliphatic rings. The van der Waals surface area contributed by atoms with Crippen LogP contribution in [0.2, 0.25) is 0 Å². The second-order valence-electron chi connectivity index (χ2n) is 5.42. The van der Waals surface area contributed by atoms with E-state index in [0.717, 1.165) is 31.0 Å². The van der Waals surface area contributed by atoms with Crippen LogP contribution in [-0.2, 0) is 4.74 Å². The average Bonchev–Trinajstić information content (AvgIpc) is 3.03. The molecule has 1 heterocycles. The summed E-state index contributed by atoms with van der Waals surface area (Å²) in [5.41, 5.74) is 0. The number of ether oxygens (including phenoxy) is 1. The van der Waals surface area contributed by atoms with Gasteiger partial charge < -0.3 is 10.1 Å². The molecule has 1 unspecified atom stereocenters. The number of nitrogens with zero attached hydrogens (tertiary/aromatic N) is 1. The maximum Gasteiger partial charge on any atom is 0.0589 e. The van der Waals surface area contributed by atoms with Gasteiger partial charge >= 0.3 is 0 Å². The van der Waals surface area contributed by atoms with E-state index < -0.39 is 0 Å². The van der Waals surface area contributed by atoms with E-state index in [1.165, 1.54) is 38.9 Å². The highest BCUT2D eigenvalue weighted by atomic mass is 16.5. The van der Waals surface area contributed by atoms with Crippen LogP contribution in [-0.4, -0.2) is 50.8 Å². The molecule has 1 aliphatic carbocycles. The van der Waals surface area contributed by atoms with Crippen LogP contribution in [0.5, 0.6) is 0 Å². The number of hydrogen-bond acceptors (Lipinski definition) is 3. The molecule has 0 bridgehead atoms. The highest BCUT2D eigenvalue weighted by molar-refractivity contribution is 4.86. The Balaban J connectivity index is 1.70. The van der Waals surface area contributed by atoms with Gasteiger partial charge in [-0.2, -0.15) is 0 Å². The van der Waals surface area contributed by atoms with Gasteiger partial charge in [0.2, 0.25) is 0 Å². The lowest BCUT2D eigenvalue weighted by molar-refractivity contribution is 0.108. The second kappa shape index (κ2) is 5.99. The Morgan fingerprint density at radius 3 is 2.56 bits per heavy atom. The molecule has 0 amide bonds. The largest absolute Gasteiger partial charge is 0.383 e. The van der Waals surface area contributed by atoms with E-state index in [9.17, 15) is 0 Å². The summed E-state index contributed by atoms with van der Waals surface area (Å²) in [5.74, 6) is 1.90. The summed E-state index contributed by atoms with van der Waals surface area (Å²) >= 11 is 0. The van der Waals surface area contributed by atoms with E-state index in [4.69, 9.17) is 4.74 Å². The Morgan fingerprint density at radius 1 is 1.31 bits per heavy atom. The highest BCUT2D eigenvalue weighted by Gasteiger charge is 2.32. The van der Waals surface area contributed by atoms with Crippen LogP contribution in [0.25, 0.3) is 0 Å². The second-order valence-corrected chi connectivity index (χ2v) is 5.42. The van der Waals surface area contributed by atoms with Crippen molar-refractivity contribution in [2.24, 2.45) is 11.8 Å². The zero-order valence-corrected chi connectivity index (χ0v) is 10.7. The molecule has 0 aromatic carbocycles. The van der Waals surface area contributed by atoms with Crippen molar-refractivity contribution in [2.75, 3.05) is 39.9 Å². The van der Waals surface area contributed by atoms with Gasteiger partial charge in [-0.1, -0.05) is 0 Å². The maximum absolute atomic E-state index is 5.22. The SMILES string of the molecule is COCCN(CCC1CNC1)C(C)C1CC1. The molecule has 1 saturated carbocycles. The quantitative estimate of drug-likeness (QED) is 0.676. The van der Waals surface area contributed by atoms with E-state index in [2.05, 4.69) is 17.1 Å². The van der Waals surface area contributed by atoms with Gasteiger partial charge in [0.15, 0.2) is 0 Å². The minimum Gasteiger partial charge on any atom is -0.383 e. The molecule has 0 aromatic rings. The standard InChI is InChI=1S/C13H26N2O/c1-11(13-3-4-13)15(7-8-16-2)6-5-12-9-14-10-12/h11-14H,3-10H2,1-2H3. The average molecular weight is 226 g/mol. The molecule has 1 aliphatic heterocycles. The third-order valence-corrected chi connectivity index (χ3v) is 4.15. The van der Waals surface area contributed by atoms with Crippen molar-refractivity contribution in [2.45, 2.75) is 32.2 Å². The van der Waals surface area contributed by atoms with Gasteiger partial charge in [0.25, 0.3) is 0 Å². The Kier molecular flexibility index (Phi) is 4.62.